The van der Waals surface area contributed by atoms with Gasteiger partial charge in [-0.05, 0) is 58.0 Å². The smallest absolute Gasteiger partial charge is 0.305 e. The van der Waals surface area contributed by atoms with Crippen molar-refractivity contribution in [2.75, 3.05) is 11.4 Å². The summed E-state index contributed by atoms with van der Waals surface area (Å²) in [5, 5.41) is 16.7. The SMILES string of the molecule is C[C@@H](CC(=O)O)N1CC(=O)N(C(C)(C)C)c2ccc(C#Cc3ccc(C(=N)N)cc3)cc2C1=O. The van der Waals surface area contributed by atoms with E-state index in [2.05, 4.69) is 11.8 Å². The van der Waals surface area contributed by atoms with Gasteiger partial charge in [0.15, 0.2) is 0 Å². The number of nitrogens with zero attached hydrogens (tertiary/aromatic N) is 2. The normalized spacial score (nSPS) is 14.6. The molecule has 8 nitrogen and oxygen atoms in total. The van der Waals surface area contributed by atoms with Crippen LogP contribution in [0.25, 0.3) is 0 Å². The molecular weight excluding hydrogens is 432 g/mol. The summed E-state index contributed by atoms with van der Waals surface area (Å²) in [6, 6.07) is 11.4. The maximum absolute atomic E-state index is 13.5. The van der Waals surface area contributed by atoms with Crippen LogP contribution in [0.4, 0.5) is 5.69 Å². The van der Waals surface area contributed by atoms with Crippen molar-refractivity contribution in [1.82, 2.24) is 4.90 Å². The number of fused-ring (bicyclic) bond motifs is 1. The number of hydrogen-bond acceptors (Lipinski definition) is 4. The van der Waals surface area contributed by atoms with E-state index in [1.165, 1.54) is 4.90 Å². The van der Waals surface area contributed by atoms with Crippen LogP contribution in [-0.2, 0) is 9.59 Å². The molecule has 0 radical (unpaired) electrons. The maximum atomic E-state index is 13.5. The van der Waals surface area contributed by atoms with Gasteiger partial charge in [0.1, 0.15) is 12.4 Å². The van der Waals surface area contributed by atoms with Crippen molar-refractivity contribution >= 4 is 29.3 Å². The van der Waals surface area contributed by atoms with Gasteiger partial charge in [0.25, 0.3) is 5.91 Å². The van der Waals surface area contributed by atoms with E-state index < -0.39 is 23.5 Å². The molecule has 2 aromatic rings. The molecule has 1 heterocycles. The van der Waals surface area contributed by atoms with Crippen molar-refractivity contribution < 1.29 is 19.5 Å². The Bertz CT molecular complexity index is 1220. The largest absolute Gasteiger partial charge is 0.481 e. The highest BCUT2D eigenvalue weighted by Gasteiger charge is 2.38. The highest BCUT2D eigenvalue weighted by molar-refractivity contribution is 6.10. The number of nitrogen functional groups attached to an aromatic ring is 1. The van der Waals surface area contributed by atoms with E-state index in [1.807, 2.05) is 20.8 Å². The molecule has 1 aliphatic rings. The van der Waals surface area contributed by atoms with Crippen LogP contribution < -0.4 is 10.6 Å². The van der Waals surface area contributed by atoms with Gasteiger partial charge in [0, 0.05) is 28.3 Å². The van der Waals surface area contributed by atoms with Gasteiger partial charge in [0.05, 0.1) is 17.7 Å². The number of hydrogen-bond donors (Lipinski definition) is 3. The number of amides is 2. The third-order valence-electron chi connectivity index (χ3n) is 5.50. The highest BCUT2D eigenvalue weighted by atomic mass is 16.4. The molecule has 0 spiro atoms. The zero-order valence-corrected chi connectivity index (χ0v) is 19.7. The molecule has 3 rings (SSSR count). The van der Waals surface area contributed by atoms with E-state index in [9.17, 15) is 19.5 Å². The fourth-order valence-electron chi connectivity index (χ4n) is 3.89. The minimum absolute atomic E-state index is 0.0246. The molecule has 1 aliphatic heterocycles. The monoisotopic (exact) mass is 460 g/mol. The van der Waals surface area contributed by atoms with E-state index in [1.54, 1.807) is 54.3 Å². The third kappa shape index (κ3) is 5.26. The average Bonchev–Trinajstić information content (AvgIpc) is 2.85. The molecule has 34 heavy (non-hydrogen) atoms. The van der Waals surface area contributed by atoms with Crippen molar-refractivity contribution in [3.63, 3.8) is 0 Å². The Labute approximate surface area is 198 Å². The second kappa shape index (κ2) is 9.40. The van der Waals surface area contributed by atoms with Crippen LogP contribution in [0.3, 0.4) is 0 Å². The predicted molar refractivity (Wildman–Crippen MR) is 130 cm³/mol. The number of nitrogens with two attached hydrogens (primary N) is 1. The molecule has 0 fully saturated rings. The number of rotatable bonds is 4. The second-order valence-corrected chi connectivity index (χ2v) is 9.25. The van der Waals surface area contributed by atoms with Crippen molar-refractivity contribution in [3.8, 4) is 11.8 Å². The summed E-state index contributed by atoms with van der Waals surface area (Å²) >= 11 is 0. The molecule has 1 atom stereocenters. The molecule has 0 saturated carbocycles. The lowest BCUT2D eigenvalue weighted by Crippen LogP contribution is -2.50. The van der Waals surface area contributed by atoms with Crippen LogP contribution in [0.5, 0.6) is 0 Å². The van der Waals surface area contributed by atoms with Gasteiger partial charge >= 0.3 is 5.97 Å². The van der Waals surface area contributed by atoms with Gasteiger partial charge in [-0.2, -0.15) is 0 Å². The molecule has 0 aromatic heterocycles. The number of carbonyl (C=O) groups excluding carboxylic acids is 2. The number of carboxylic acid groups (broad SMARTS) is 1. The minimum Gasteiger partial charge on any atom is -0.481 e. The lowest BCUT2D eigenvalue weighted by Gasteiger charge is -2.35. The Hall–Kier alpha value is -4.12. The van der Waals surface area contributed by atoms with Gasteiger partial charge in [-0.1, -0.05) is 24.0 Å². The molecule has 2 aromatic carbocycles. The van der Waals surface area contributed by atoms with Crippen molar-refractivity contribution in [3.05, 3.63) is 64.7 Å². The van der Waals surface area contributed by atoms with Crippen LogP contribution in [0.2, 0.25) is 0 Å². The Morgan fingerprint density at radius 1 is 1.12 bits per heavy atom. The van der Waals surface area contributed by atoms with Crippen LogP contribution >= 0.6 is 0 Å². The van der Waals surface area contributed by atoms with Gasteiger partial charge < -0.3 is 20.6 Å². The maximum Gasteiger partial charge on any atom is 0.305 e. The first kappa shape index (κ1) is 24.5. The van der Waals surface area contributed by atoms with Crippen molar-refractivity contribution in [2.45, 2.75) is 45.7 Å². The Morgan fingerprint density at radius 3 is 2.26 bits per heavy atom. The number of benzene rings is 2. The van der Waals surface area contributed by atoms with Crippen LogP contribution in [0.15, 0.2) is 42.5 Å². The number of carboxylic acids is 1. The fourth-order valence-corrected chi connectivity index (χ4v) is 3.89. The molecule has 8 heteroatoms. The van der Waals surface area contributed by atoms with E-state index in [0.29, 0.717) is 22.4 Å². The molecule has 0 unspecified atom stereocenters. The molecular formula is C26H28N4O4. The molecule has 4 N–H and O–H groups in total. The van der Waals surface area contributed by atoms with Crippen LogP contribution in [-0.4, -0.2) is 51.8 Å². The zero-order valence-electron chi connectivity index (χ0n) is 19.7. The van der Waals surface area contributed by atoms with Crippen molar-refractivity contribution in [1.29, 1.82) is 5.41 Å². The summed E-state index contributed by atoms with van der Waals surface area (Å²) in [7, 11) is 0. The Balaban J connectivity index is 2.05. The van der Waals surface area contributed by atoms with Gasteiger partial charge in [-0.15, -0.1) is 0 Å². The van der Waals surface area contributed by atoms with Crippen molar-refractivity contribution in [2.24, 2.45) is 5.73 Å². The number of aliphatic carboxylic acids is 1. The Kier molecular flexibility index (Phi) is 6.78. The third-order valence-corrected chi connectivity index (χ3v) is 5.50. The number of nitrogens with one attached hydrogen (secondary N) is 1. The van der Waals surface area contributed by atoms with Crippen LogP contribution in [0, 0.1) is 17.3 Å². The summed E-state index contributed by atoms with van der Waals surface area (Å²) in [5.41, 5.74) is 7.56. The number of carbonyl (C=O) groups is 3. The lowest BCUT2D eigenvalue weighted by atomic mass is 10.0. The number of amidine groups is 1. The first-order chi connectivity index (χ1) is 15.9. The topological polar surface area (TPSA) is 128 Å². The summed E-state index contributed by atoms with van der Waals surface area (Å²) in [6.07, 6.45) is -0.264. The van der Waals surface area contributed by atoms with E-state index in [0.717, 1.165) is 5.56 Å². The van der Waals surface area contributed by atoms with E-state index >= 15 is 0 Å². The van der Waals surface area contributed by atoms with E-state index in [-0.39, 0.29) is 24.7 Å². The van der Waals surface area contributed by atoms with Gasteiger partial charge in [-0.25, -0.2) is 0 Å². The second-order valence-electron chi connectivity index (χ2n) is 9.25. The van der Waals surface area contributed by atoms with Crippen LogP contribution in [0.1, 0.15) is 61.2 Å². The summed E-state index contributed by atoms with van der Waals surface area (Å²) in [6.45, 7) is 7.07. The average molecular weight is 461 g/mol. The first-order valence-electron chi connectivity index (χ1n) is 10.8. The summed E-state index contributed by atoms with van der Waals surface area (Å²) in [5.74, 6) is 4.32. The standard InChI is InChI=1S/C26H28N4O4/c1-16(13-23(32)33)29-15-22(31)30(26(2,3)4)21-12-9-18(14-20(21)25(29)34)6-5-17-7-10-19(11-8-17)24(27)28/h7-12,14,16H,13,15H2,1-4H3,(H3,27,28)(H,32,33)/t16-/m0/s1. The minimum atomic E-state index is -1.04. The fraction of sp³-hybridized carbons (Fsp3) is 0.308. The first-order valence-corrected chi connectivity index (χ1v) is 10.8. The molecule has 2 amide bonds. The molecule has 0 aliphatic carbocycles. The molecule has 176 valence electrons. The molecule has 0 bridgehead atoms. The summed E-state index contributed by atoms with van der Waals surface area (Å²) < 4.78 is 0. The summed E-state index contributed by atoms with van der Waals surface area (Å²) in [4.78, 5) is 40.8. The number of anilines is 1. The quantitative estimate of drug-likeness (QED) is 0.367. The Morgan fingerprint density at radius 2 is 1.71 bits per heavy atom. The van der Waals surface area contributed by atoms with E-state index in [4.69, 9.17) is 11.1 Å². The van der Waals surface area contributed by atoms with Gasteiger partial charge in [-0.3, -0.25) is 19.8 Å². The molecule has 0 saturated heterocycles. The predicted octanol–water partition coefficient (Wildman–Crippen LogP) is 2.82. The lowest BCUT2D eigenvalue weighted by molar-refractivity contribution is -0.138. The zero-order chi connectivity index (χ0) is 25.2. The highest BCUT2D eigenvalue weighted by Crippen LogP contribution is 2.33. The van der Waals surface area contributed by atoms with Gasteiger partial charge in [0.2, 0.25) is 5.91 Å².